The molecule has 0 aliphatic rings. The minimum Gasteiger partial charge on any atom is -0.489 e. The Kier molecular flexibility index (Phi) is 4.40. The zero-order valence-corrected chi connectivity index (χ0v) is 12.0. The second-order valence-electron chi connectivity index (χ2n) is 5.08. The molecule has 0 aliphatic heterocycles. The Morgan fingerprint density at radius 3 is 2.55 bits per heavy atom. The largest absolute Gasteiger partial charge is 0.489 e. The highest BCUT2D eigenvalue weighted by atomic mass is 19.1. The summed E-state index contributed by atoms with van der Waals surface area (Å²) in [4.78, 5) is 0. The molecule has 0 spiro atoms. The second-order valence-corrected chi connectivity index (χ2v) is 5.08. The summed E-state index contributed by atoms with van der Waals surface area (Å²) in [5.41, 5.74) is 3.69. The number of hydrogen-bond acceptors (Lipinski definition) is 2. The van der Waals surface area contributed by atoms with E-state index in [0.717, 1.165) is 11.1 Å². The summed E-state index contributed by atoms with van der Waals surface area (Å²) in [6.45, 7) is 5.99. The molecule has 2 nitrogen and oxygen atoms in total. The highest BCUT2D eigenvalue weighted by Crippen LogP contribution is 2.23. The zero-order valence-electron chi connectivity index (χ0n) is 12.0. The third-order valence-electron chi connectivity index (χ3n) is 3.32. The molecule has 0 radical (unpaired) electrons. The number of ether oxygens (including phenoxy) is 1. The van der Waals surface area contributed by atoms with Crippen LogP contribution in [-0.4, -0.2) is 5.11 Å². The molecule has 0 saturated carbocycles. The zero-order chi connectivity index (χ0) is 14.7. The van der Waals surface area contributed by atoms with Gasteiger partial charge in [-0.15, -0.1) is 0 Å². The van der Waals surface area contributed by atoms with Gasteiger partial charge >= 0.3 is 0 Å². The van der Waals surface area contributed by atoms with Crippen LogP contribution in [0.2, 0.25) is 0 Å². The van der Waals surface area contributed by atoms with E-state index in [2.05, 4.69) is 12.1 Å². The van der Waals surface area contributed by atoms with Crippen LogP contribution in [0.3, 0.4) is 0 Å². The van der Waals surface area contributed by atoms with Gasteiger partial charge in [0.15, 0.2) is 0 Å². The van der Waals surface area contributed by atoms with E-state index in [4.69, 9.17) is 4.74 Å². The van der Waals surface area contributed by atoms with Gasteiger partial charge in [-0.05, 0) is 44.0 Å². The normalized spacial score (nSPS) is 12.2. The van der Waals surface area contributed by atoms with Gasteiger partial charge in [0.05, 0.1) is 6.10 Å². The second kappa shape index (κ2) is 6.06. The SMILES string of the molecule is Cc1ccc(C)c(COc2ccc(C(C)O)c(F)c2)c1. The number of aliphatic hydroxyl groups excluding tert-OH is 1. The number of aliphatic hydroxyl groups is 1. The van der Waals surface area contributed by atoms with Crippen molar-refractivity contribution in [1.29, 1.82) is 0 Å². The molecule has 1 N–H and O–H groups in total. The molecule has 1 atom stereocenters. The first kappa shape index (κ1) is 14.5. The van der Waals surface area contributed by atoms with Crippen LogP contribution in [0.5, 0.6) is 5.75 Å². The van der Waals surface area contributed by atoms with Crippen LogP contribution >= 0.6 is 0 Å². The van der Waals surface area contributed by atoms with Gasteiger partial charge in [0.1, 0.15) is 18.2 Å². The highest BCUT2D eigenvalue weighted by molar-refractivity contribution is 5.32. The van der Waals surface area contributed by atoms with E-state index < -0.39 is 11.9 Å². The van der Waals surface area contributed by atoms with Crippen molar-refractivity contribution in [2.24, 2.45) is 0 Å². The van der Waals surface area contributed by atoms with Crippen LogP contribution in [0.4, 0.5) is 4.39 Å². The Morgan fingerprint density at radius 2 is 1.90 bits per heavy atom. The summed E-state index contributed by atoms with van der Waals surface area (Å²) in [7, 11) is 0. The van der Waals surface area contributed by atoms with Gasteiger partial charge in [-0.1, -0.05) is 23.8 Å². The number of halogens is 1. The molecule has 20 heavy (non-hydrogen) atoms. The molecule has 0 aliphatic carbocycles. The van der Waals surface area contributed by atoms with E-state index in [0.29, 0.717) is 12.4 Å². The lowest BCUT2D eigenvalue weighted by Gasteiger charge is -2.11. The molecular formula is C17H19FO2. The minimum atomic E-state index is -0.817. The predicted octanol–water partition coefficient (Wildman–Crippen LogP) is 4.07. The topological polar surface area (TPSA) is 29.5 Å². The maximum absolute atomic E-state index is 13.7. The van der Waals surface area contributed by atoms with Crippen LogP contribution in [-0.2, 0) is 6.61 Å². The molecule has 0 bridgehead atoms. The van der Waals surface area contributed by atoms with Crippen LogP contribution in [0.1, 0.15) is 35.3 Å². The molecule has 3 heteroatoms. The van der Waals surface area contributed by atoms with Gasteiger partial charge in [-0.25, -0.2) is 4.39 Å². The van der Waals surface area contributed by atoms with Crippen LogP contribution in [0.25, 0.3) is 0 Å². The fourth-order valence-corrected chi connectivity index (χ4v) is 2.05. The number of aryl methyl sites for hydroxylation is 2. The quantitative estimate of drug-likeness (QED) is 0.910. The Morgan fingerprint density at radius 1 is 1.15 bits per heavy atom. The molecule has 0 saturated heterocycles. The first-order chi connectivity index (χ1) is 9.47. The van der Waals surface area contributed by atoms with Gasteiger partial charge in [0.25, 0.3) is 0 Å². The third-order valence-corrected chi connectivity index (χ3v) is 3.32. The van der Waals surface area contributed by atoms with E-state index in [1.165, 1.54) is 18.6 Å². The maximum atomic E-state index is 13.7. The summed E-state index contributed by atoms with van der Waals surface area (Å²) in [5.74, 6) is 0.0197. The van der Waals surface area contributed by atoms with Crippen molar-refractivity contribution < 1.29 is 14.2 Å². The molecule has 1 unspecified atom stereocenters. The molecule has 0 heterocycles. The van der Waals surface area contributed by atoms with E-state index in [1.807, 2.05) is 19.9 Å². The fourth-order valence-electron chi connectivity index (χ4n) is 2.05. The van der Waals surface area contributed by atoms with Crippen molar-refractivity contribution in [2.75, 3.05) is 0 Å². The predicted molar refractivity (Wildman–Crippen MR) is 77.3 cm³/mol. The Bertz CT molecular complexity index is 606. The standard InChI is InChI=1S/C17H19FO2/c1-11-4-5-12(2)14(8-11)10-20-15-6-7-16(13(3)19)17(18)9-15/h4-9,13,19H,10H2,1-3H3. The molecule has 0 amide bonds. The average Bonchev–Trinajstić information content (AvgIpc) is 2.39. The average molecular weight is 274 g/mol. The van der Waals surface area contributed by atoms with Crippen molar-refractivity contribution in [3.63, 3.8) is 0 Å². The van der Waals surface area contributed by atoms with Crippen molar-refractivity contribution in [3.05, 3.63) is 64.5 Å². The van der Waals surface area contributed by atoms with Crippen molar-refractivity contribution >= 4 is 0 Å². The monoisotopic (exact) mass is 274 g/mol. The highest BCUT2D eigenvalue weighted by Gasteiger charge is 2.09. The molecular weight excluding hydrogens is 255 g/mol. The Balaban J connectivity index is 2.11. The summed E-state index contributed by atoms with van der Waals surface area (Å²) in [6, 6.07) is 10.7. The summed E-state index contributed by atoms with van der Waals surface area (Å²) in [6.07, 6.45) is -0.817. The molecule has 2 aromatic rings. The molecule has 0 fully saturated rings. The summed E-state index contributed by atoms with van der Waals surface area (Å²) < 4.78 is 19.4. The van der Waals surface area contributed by atoms with Crippen molar-refractivity contribution in [2.45, 2.75) is 33.5 Å². The van der Waals surface area contributed by atoms with E-state index in [1.54, 1.807) is 12.1 Å². The summed E-state index contributed by atoms with van der Waals surface area (Å²) in [5, 5.41) is 9.39. The molecule has 0 aromatic heterocycles. The van der Waals surface area contributed by atoms with Gasteiger partial charge in [-0.2, -0.15) is 0 Å². The Hall–Kier alpha value is -1.87. The van der Waals surface area contributed by atoms with Crippen molar-refractivity contribution in [3.8, 4) is 5.75 Å². The third kappa shape index (κ3) is 3.36. The van der Waals surface area contributed by atoms with Crippen LogP contribution in [0.15, 0.2) is 36.4 Å². The van der Waals surface area contributed by atoms with Gasteiger partial charge in [0.2, 0.25) is 0 Å². The van der Waals surface area contributed by atoms with Gasteiger partial charge in [-0.3, -0.25) is 0 Å². The minimum absolute atomic E-state index is 0.282. The number of benzene rings is 2. The van der Waals surface area contributed by atoms with Crippen LogP contribution < -0.4 is 4.74 Å². The lowest BCUT2D eigenvalue weighted by atomic mass is 10.1. The number of hydrogen-bond donors (Lipinski definition) is 1. The van der Waals surface area contributed by atoms with Gasteiger partial charge in [0, 0.05) is 11.6 Å². The Labute approximate surface area is 118 Å². The lowest BCUT2D eigenvalue weighted by molar-refractivity contribution is 0.194. The smallest absolute Gasteiger partial charge is 0.132 e. The molecule has 2 rings (SSSR count). The van der Waals surface area contributed by atoms with Gasteiger partial charge < -0.3 is 9.84 Å². The van der Waals surface area contributed by atoms with E-state index >= 15 is 0 Å². The first-order valence-electron chi connectivity index (χ1n) is 6.64. The summed E-state index contributed by atoms with van der Waals surface area (Å²) >= 11 is 0. The van der Waals surface area contributed by atoms with E-state index in [-0.39, 0.29) is 5.56 Å². The lowest BCUT2D eigenvalue weighted by Crippen LogP contribution is -2.00. The molecule has 106 valence electrons. The van der Waals surface area contributed by atoms with Crippen molar-refractivity contribution in [1.82, 2.24) is 0 Å². The first-order valence-corrected chi connectivity index (χ1v) is 6.64. The molecule has 2 aromatic carbocycles. The number of rotatable bonds is 4. The van der Waals surface area contributed by atoms with Crippen LogP contribution in [0, 0.1) is 19.7 Å². The maximum Gasteiger partial charge on any atom is 0.132 e. The fraction of sp³-hybridized carbons (Fsp3) is 0.294. The van der Waals surface area contributed by atoms with E-state index in [9.17, 15) is 9.50 Å².